The van der Waals surface area contributed by atoms with Crippen LogP contribution in [0.5, 0.6) is 0 Å². The quantitative estimate of drug-likeness (QED) is 0.646. The minimum absolute atomic E-state index is 0. The molecule has 0 radical (unpaired) electrons. The summed E-state index contributed by atoms with van der Waals surface area (Å²) in [5.74, 6) is -0.348. The summed E-state index contributed by atoms with van der Waals surface area (Å²) in [7, 11) is 0. The molecule has 118 valence electrons. The summed E-state index contributed by atoms with van der Waals surface area (Å²) in [6, 6.07) is 6.74. The fourth-order valence-corrected chi connectivity index (χ4v) is 1.88. The molecule has 1 rings (SSSR count). The second-order valence-corrected chi connectivity index (χ2v) is 5.01. The Labute approximate surface area is 131 Å². The highest BCUT2D eigenvalue weighted by Crippen LogP contribution is 2.11. The van der Waals surface area contributed by atoms with Gasteiger partial charge in [0, 0.05) is 17.8 Å². The maximum absolute atomic E-state index is 12.4. The Kier molecular flexibility index (Phi) is 8.47. The van der Waals surface area contributed by atoms with Gasteiger partial charge in [-0.05, 0) is 31.0 Å². The van der Waals surface area contributed by atoms with Gasteiger partial charge >= 0.3 is 5.97 Å². The number of ether oxygens (including phenoxy) is 1. The number of carbonyl (C=O) groups excluding carboxylic acids is 2. The van der Waals surface area contributed by atoms with Crippen LogP contribution in [0.2, 0.25) is 0 Å². The van der Waals surface area contributed by atoms with Gasteiger partial charge in [-0.15, -0.1) is 12.4 Å². The topological polar surface area (TPSA) is 72.6 Å². The monoisotopic (exact) mass is 314 g/mol. The van der Waals surface area contributed by atoms with Crippen molar-refractivity contribution in [3.05, 3.63) is 29.8 Å². The first kappa shape index (κ1) is 19.2. The lowest BCUT2D eigenvalue weighted by atomic mass is 10.1. The number of esters is 1. The lowest BCUT2D eigenvalue weighted by Gasteiger charge is -2.23. The third-order valence-corrected chi connectivity index (χ3v) is 2.63. The van der Waals surface area contributed by atoms with Crippen molar-refractivity contribution in [3.63, 3.8) is 0 Å². The first-order valence-electron chi connectivity index (χ1n) is 6.74. The Morgan fingerprint density at radius 1 is 1.33 bits per heavy atom. The number of halogens is 1. The van der Waals surface area contributed by atoms with E-state index in [9.17, 15) is 9.59 Å². The molecule has 0 aliphatic rings. The van der Waals surface area contributed by atoms with Crippen LogP contribution in [0.25, 0.3) is 0 Å². The van der Waals surface area contributed by atoms with E-state index in [1.54, 1.807) is 31.2 Å². The third kappa shape index (κ3) is 6.49. The van der Waals surface area contributed by atoms with Crippen molar-refractivity contribution in [2.24, 2.45) is 5.92 Å². The maximum atomic E-state index is 12.4. The second-order valence-electron chi connectivity index (χ2n) is 5.01. The van der Waals surface area contributed by atoms with Gasteiger partial charge in [-0.25, -0.2) is 0 Å². The molecule has 0 unspecified atom stereocenters. The molecule has 0 aromatic heterocycles. The lowest BCUT2D eigenvalue weighted by molar-refractivity contribution is -0.143. The minimum atomic E-state index is -0.398. The number of hydrogen-bond acceptors (Lipinski definition) is 4. The van der Waals surface area contributed by atoms with Gasteiger partial charge in [0.25, 0.3) is 5.91 Å². The van der Waals surface area contributed by atoms with Crippen LogP contribution in [0.3, 0.4) is 0 Å². The smallest absolute Gasteiger partial charge is 0.325 e. The molecule has 0 aliphatic heterocycles. The van der Waals surface area contributed by atoms with Crippen LogP contribution in [-0.2, 0) is 9.53 Å². The average Bonchev–Trinajstić information content (AvgIpc) is 2.37. The summed E-state index contributed by atoms with van der Waals surface area (Å²) in [6.45, 7) is 6.48. The number of anilines is 1. The zero-order chi connectivity index (χ0) is 15.1. The van der Waals surface area contributed by atoms with Crippen molar-refractivity contribution in [2.75, 3.05) is 25.4 Å². The summed E-state index contributed by atoms with van der Waals surface area (Å²) in [5.41, 5.74) is 6.69. The van der Waals surface area contributed by atoms with Crippen molar-refractivity contribution >= 4 is 30.0 Å². The van der Waals surface area contributed by atoms with Crippen LogP contribution in [0.4, 0.5) is 5.69 Å². The molecule has 0 saturated carbocycles. The van der Waals surface area contributed by atoms with E-state index in [4.69, 9.17) is 10.5 Å². The highest BCUT2D eigenvalue weighted by molar-refractivity contribution is 5.96. The molecule has 0 bridgehead atoms. The van der Waals surface area contributed by atoms with Crippen LogP contribution >= 0.6 is 12.4 Å². The number of nitrogens with zero attached hydrogens (tertiary/aromatic N) is 1. The summed E-state index contributed by atoms with van der Waals surface area (Å²) in [5, 5.41) is 0. The average molecular weight is 315 g/mol. The number of nitrogen functional groups attached to an aromatic ring is 1. The van der Waals surface area contributed by atoms with Gasteiger partial charge in [-0.2, -0.15) is 0 Å². The van der Waals surface area contributed by atoms with Gasteiger partial charge in [0.15, 0.2) is 0 Å². The Morgan fingerprint density at radius 2 is 2.00 bits per heavy atom. The number of hydrogen-bond donors (Lipinski definition) is 1. The number of nitrogens with two attached hydrogens (primary N) is 1. The molecule has 0 atom stereocenters. The van der Waals surface area contributed by atoms with Crippen molar-refractivity contribution in [1.29, 1.82) is 0 Å². The van der Waals surface area contributed by atoms with Crippen LogP contribution in [0, 0.1) is 5.92 Å². The Balaban J connectivity index is 0.00000400. The van der Waals surface area contributed by atoms with Gasteiger partial charge in [-0.1, -0.05) is 19.9 Å². The maximum Gasteiger partial charge on any atom is 0.325 e. The predicted octanol–water partition coefficient (Wildman–Crippen LogP) is 2.35. The minimum Gasteiger partial charge on any atom is -0.465 e. The number of carbonyl (C=O) groups is 2. The van der Waals surface area contributed by atoms with Crippen LogP contribution < -0.4 is 5.73 Å². The van der Waals surface area contributed by atoms with Crippen molar-refractivity contribution in [2.45, 2.75) is 20.8 Å². The molecule has 5 nitrogen and oxygen atoms in total. The van der Waals surface area contributed by atoms with Gasteiger partial charge < -0.3 is 15.4 Å². The van der Waals surface area contributed by atoms with Crippen LogP contribution in [0.15, 0.2) is 24.3 Å². The van der Waals surface area contributed by atoms with E-state index in [0.29, 0.717) is 24.4 Å². The molecule has 2 N–H and O–H groups in total. The third-order valence-electron chi connectivity index (χ3n) is 2.63. The van der Waals surface area contributed by atoms with E-state index in [2.05, 4.69) is 0 Å². The molecule has 1 aromatic carbocycles. The predicted molar refractivity (Wildman–Crippen MR) is 85.5 cm³/mol. The van der Waals surface area contributed by atoms with Crippen LogP contribution in [0.1, 0.15) is 31.1 Å². The Morgan fingerprint density at radius 3 is 2.52 bits per heavy atom. The molecule has 0 fully saturated rings. The van der Waals surface area contributed by atoms with E-state index in [1.807, 2.05) is 13.8 Å². The summed E-state index contributed by atoms with van der Waals surface area (Å²) < 4.78 is 4.91. The van der Waals surface area contributed by atoms with E-state index < -0.39 is 5.97 Å². The van der Waals surface area contributed by atoms with E-state index in [1.165, 1.54) is 4.90 Å². The van der Waals surface area contributed by atoms with E-state index >= 15 is 0 Å². The molecular formula is C15H23ClN2O3. The van der Waals surface area contributed by atoms with Crippen molar-refractivity contribution in [1.82, 2.24) is 4.90 Å². The van der Waals surface area contributed by atoms with Gasteiger partial charge in [-0.3, -0.25) is 9.59 Å². The van der Waals surface area contributed by atoms with E-state index in [-0.39, 0.29) is 30.8 Å². The van der Waals surface area contributed by atoms with Gasteiger partial charge in [0.1, 0.15) is 6.54 Å². The zero-order valence-electron chi connectivity index (χ0n) is 12.7. The second kappa shape index (κ2) is 9.23. The molecule has 0 heterocycles. The highest BCUT2D eigenvalue weighted by Gasteiger charge is 2.20. The lowest BCUT2D eigenvalue weighted by Crippen LogP contribution is -2.39. The van der Waals surface area contributed by atoms with Crippen LogP contribution in [-0.4, -0.2) is 36.5 Å². The largest absolute Gasteiger partial charge is 0.465 e. The molecule has 0 saturated heterocycles. The summed E-state index contributed by atoms with van der Waals surface area (Å²) >= 11 is 0. The fraction of sp³-hybridized carbons (Fsp3) is 0.467. The molecule has 6 heteroatoms. The summed E-state index contributed by atoms with van der Waals surface area (Å²) in [4.78, 5) is 25.5. The standard InChI is InChI=1S/C15H22N2O3.ClH/c1-4-20-14(18)10-17(9-11(2)3)15(19)12-6-5-7-13(16)8-12;/h5-8,11H,4,9-10,16H2,1-3H3;1H. The molecular weight excluding hydrogens is 292 g/mol. The molecule has 21 heavy (non-hydrogen) atoms. The fourth-order valence-electron chi connectivity index (χ4n) is 1.88. The molecule has 1 amide bonds. The highest BCUT2D eigenvalue weighted by atomic mass is 35.5. The molecule has 1 aromatic rings. The van der Waals surface area contributed by atoms with E-state index in [0.717, 1.165) is 0 Å². The Bertz CT molecular complexity index is 478. The number of benzene rings is 1. The Hall–Kier alpha value is -1.75. The molecule has 0 spiro atoms. The normalized spacial score (nSPS) is 9.90. The van der Waals surface area contributed by atoms with Crippen molar-refractivity contribution < 1.29 is 14.3 Å². The first-order chi connectivity index (χ1) is 9.43. The first-order valence-corrected chi connectivity index (χ1v) is 6.74. The van der Waals surface area contributed by atoms with Crippen molar-refractivity contribution in [3.8, 4) is 0 Å². The summed E-state index contributed by atoms with van der Waals surface area (Å²) in [6.07, 6.45) is 0. The number of amides is 1. The van der Waals surface area contributed by atoms with Gasteiger partial charge in [0.2, 0.25) is 0 Å². The number of rotatable bonds is 6. The van der Waals surface area contributed by atoms with Gasteiger partial charge in [0.05, 0.1) is 6.61 Å². The molecule has 0 aliphatic carbocycles. The zero-order valence-corrected chi connectivity index (χ0v) is 13.5. The SMILES string of the molecule is CCOC(=O)CN(CC(C)C)C(=O)c1cccc(N)c1.Cl.